The second-order valence-corrected chi connectivity index (χ2v) is 5.65. The lowest BCUT2D eigenvalue weighted by Crippen LogP contribution is -2.32. The van der Waals surface area contributed by atoms with Gasteiger partial charge in [-0.3, -0.25) is 0 Å². The molecule has 114 valence electrons. The third-order valence-corrected chi connectivity index (χ3v) is 3.98. The van der Waals surface area contributed by atoms with Gasteiger partial charge in [-0.1, -0.05) is 24.3 Å². The predicted molar refractivity (Wildman–Crippen MR) is 85.2 cm³/mol. The summed E-state index contributed by atoms with van der Waals surface area (Å²) in [5.74, 6) is 0. The van der Waals surface area contributed by atoms with Gasteiger partial charge in [0.05, 0.1) is 13.1 Å². The van der Waals surface area contributed by atoms with E-state index in [4.69, 9.17) is 0 Å². The third kappa shape index (κ3) is 3.45. The van der Waals surface area contributed by atoms with Crippen molar-refractivity contribution in [3.63, 3.8) is 0 Å². The largest absolute Gasteiger partial charge is 0.244 e. The highest BCUT2D eigenvalue weighted by Crippen LogP contribution is 2.04. The van der Waals surface area contributed by atoms with Crippen molar-refractivity contribution in [3.8, 4) is 0 Å². The van der Waals surface area contributed by atoms with Crippen LogP contribution in [0.2, 0.25) is 0 Å². The maximum atomic E-state index is 2.23. The van der Waals surface area contributed by atoms with Crippen LogP contribution >= 0.6 is 0 Å². The van der Waals surface area contributed by atoms with E-state index >= 15 is 0 Å². The van der Waals surface area contributed by atoms with Gasteiger partial charge >= 0.3 is 0 Å². The monoisotopic (exact) mass is 296 g/mol. The predicted octanol–water partition coefficient (Wildman–Crippen LogP) is 2.00. The van der Waals surface area contributed by atoms with Crippen LogP contribution in [-0.2, 0) is 26.2 Å². The Hall–Kier alpha value is -2.36. The van der Waals surface area contributed by atoms with Crippen LogP contribution in [0.3, 0.4) is 0 Å². The molecule has 0 aliphatic heterocycles. The van der Waals surface area contributed by atoms with E-state index in [-0.39, 0.29) is 0 Å². The van der Waals surface area contributed by atoms with Gasteiger partial charge in [0.25, 0.3) is 0 Å². The van der Waals surface area contributed by atoms with Crippen molar-refractivity contribution in [2.75, 3.05) is 0 Å². The summed E-state index contributed by atoms with van der Waals surface area (Å²) in [6, 6.07) is 8.90. The second-order valence-electron chi connectivity index (χ2n) is 5.65. The lowest BCUT2D eigenvalue weighted by atomic mass is 10.1. The standard InChI is InChI=1S/C18H24N4/c1-3-19-9-11-21(15-19)13-17-5-7-18(8-6-17)14-22-12-10-20(4-2)16-22/h5-12,15-16H,3-4,13-14H2,1-2H3/q+2. The molecule has 22 heavy (non-hydrogen) atoms. The van der Waals surface area contributed by atoms with Crippen molar-refractivity contribution in [1.82, 2.24) is 9.13 Å². The van der Waals surface area contributed by atoms with Gasteiger partial charge < -0.3 is 0 Å². The first-order chi connectivity index (χ1) is 10.8. The molecule has 4 heteroatoms. The van der Waals surface area contributed by atoms with Gasteiger partial charge in [0.15, 0.2) is 0 Å². The molecular formula is C18H24N4+2. The van der Waals surface area contributed by atoms with Gasteiger partial charge in [-0.2, -0.15) is 0 Å². The second kappa shape index (κ2) is 6.60. The molecule has 3 aromatic rings. The summed E-state index contributed by atoms with van der Waals surface area (Å²) in [5, 5.41) is 0. The minimum absolute atomic E-state index is 0.923. The Labute approximate surface area is 131 Å². The summed E-state index contributed by atoms with van der Waals surface area (Å²) in [5.41, 5.74) is 2.66. The number of hydrogen-bond acceptors (Lipinski definition) is 0. The smallest absolute Gasteiger partial charge is 0.237 e. The number of rotatable bonds is 6. The Kier molecular flexibility index (Phi) is 4.37. The molecule has 2 heterocycles. The maximum Gasteiger partial charge on any atom is 0.244 e. The maximum absolute atomic E-state index is 2.23. The topological polar surface area (TPSA) is 17.6 Å². The average Bonchev–Trinajstić information content (AvgIpc) is 3.18. The number of aryl methyl sites for hydroxylation is 2. The summed E-state index contributed by atoms with van der Waals surface area (Å²) >= 11 is 0. The van der Waals surface area contributed by atoms with Crippen LogP contribution in [0.25, 0.3) is 0 Å². The fourth-order valence-corrected chi connectivity index (χ4v) is 2.61. The van der Waals surface area contributed by atoms with Gasteiger partial charge in [-0.05, 0) is 25.0 Å². The zero-order valence-corrected chi connectivity index (χ0v) is 13.4. The van der Waals surface area contributed by atoms with Crippen molar-refractivity contribution in [2.24, 2.45) is 0 Å². The first kappa shape index (κ1) is 14.6. The molecule has 1 aromatic carbocycles. The van der Waals surface area contributed by atoms with Gasteiger partial charge in [-0.25, -0.2) is 18.3 Å². The average molecular weight is 296 g/mol. The van der Waals surface area contributed by atoms with Gasteiger partial charge in [-0.15, -0.1) is 0 Å². The van der Waals surface area contributed by atoms with Crippen LogP contribution in [-0.4, -0.2) is 9.13 Å². The molecule has 0 radical (unpaired) electrons. The number of nitrogens with zero attached hydrogens (tertiary/aromatic N) is 4. The number of imidazole rings is 2. The Morgan fingerprint density at radius 2 is 1.14 bits per heavy atom. The van der Waals surface area contributed by atoms with E-state index in [0.717, 1.165) is 26.2 Å². The van der Waals surface area contributed by atoms with Crippen molar-refractivity contribution < 1.29 is 9.13 Å². The highest BCUT2D eigenvalue weighted by molar-refractivity contribution is 5.21. The zero-order chi connectivity index (χ0) is 15.4. The summed E-state index contributed by atoms with van der Waals surface area (Å²) in [6.07, 6.45) is 12.8. The lowest BCUT2D eigenvalue weighted by molar-refractivity contribution is -0.688. The van der Waals surface area contributed by atoms with E-state index in [1.807, 2.05) is 0 Å². The molecule has 0 saturated carbocycles. The third-order valence-electron chi connectivity index (χ3n) is 3.98. The molecule has 0 saturated heterocycles. The van der Waals surface area contributed by atoms with Crippen LogP contribution in [0.15, 0.2) is 61.7 Å². The van der Waals surface area contributed by atoms with Crippen LogP contribution < -0.4 is 9.13 Å². The SMILES string of the molecule is CCn1cc[n+](Cc2ccc(C[n+]3ccn(CC)c3)cc2)c1. The molecule has 0 N–H and O–H groups in total. The Morgan fingerprint density at radius 1 is 0.727 bits per heavy atom. The summed E-state index contributed by atoms with van der Waals surface area (Å²) < 4.78 is 8.80. The van der Waals surface area contributed by atoms with E-state index in [0.29, 0.717) is 0 Å². The molecule has 0 aliphatic carbocycles. The fourth-order valence-electron chi connectivity index (χ4n) is 2.61. The highest BCUT2D eigenvalue weighted by atomic mass is 15.1. The zero-order valence-electron chi connectivity index (χ0n) is 13.4. The normalized spacial score (nSPS) is 11.0. The molecule has 4 nitrogen and oxygen atoms in total. The number of aromatic nitrogens is 4. The van der Waals surface area contributed by atoms with Gasteiger partial charge in [0.1, 0.15) is 37.9 Å². The number of benzene rings is 1. The van der Waals surface area contributed by atoms with Crippen LogP contribution in [0.5, 0.6) is 0 Å². The van der Waals surface area contributed by atoms with Crippen LogP contribution in [0.4, 0.5) is 0 Å². The molecule has 0 bridgehead atoms. The molecule has 3 rings (SSSR count). The lowest BCUT2D eigenvalue weighted by Gasteiger charge is -2.01. The van der Waals surface area contributed by atoms with E-state index in [1.165, 1.54) is 11.1 Å². The summed E-state index contributed by atoms with van der Waals surface area (Å²) in [6.45, 7) is 8.19. The van der Waals surface area contributed by atoms with Crippen molar-refractivity contribution >= 4 is 0 Å². The molecule has 0 fully saturated rings. The molecule has 0 aliphatic rings. The Balaban J connectivity index is 1.64. The summed E-state index contributed by atoms with van der Waals surface area (Å²) in [7, 11) is 0. The van der Waals surface area contributed by atoms with Gasteiger partial charge in [0.2, 0.25) is 12.7 Å². The van der Waals surface area contributed by atoms with E-state index in [2.05, 4.69) is 93.8 Å². The Morgan fingerprint density at radius 3 is 1.45 bits per heavy atom. The molecular weight excluding hydrogens is 272 g/mol. The molecule has 0 amide bonds. The number of hydrogen-bond donors (Lipinski definition) is 0. The van der Waals surface area contributed by atoms with Crippen LogP contribution in [0, 0.1) is 0 Å². The molecule has 0 spiro atoms. The van der Waals surface area contributed by atoms with Crippen LogP contribution in [0.1, 0.15) is 25.0 Å². The van der Waals surface area contributed by atoms with E-state index < -0.39 is 0 Å². The quantitative estimate of drug-likeness (QED) is 0.619. The highest BCUT2D eigenvalue weighted by Gasteiger charge is 2.05. The molecule has 0 unspecified atom stereocenters. The first-order valence-electron chi connectivity index (χ1n) is 7.94. The minimum atomic E-state index is 0.923. The van der Waals surface area contributed by atoms with Gasteiger partial charge in [0, 0.05) is 0 Å². The van der Waals surface area contributed by atoms with E-state index in [1.54, 1.807) is 0 Å². The summed E-state index contributed by atoms with van der Waals surface area (Å²) in [4.78, 5) is 0. The van der Waals surface area contributed by atoms with Crippen molar-refractivity contribution in [2.45, 2.75) is 40.0 Å². The fraction of sp³-hybridized carbons (Fsp3) is 0.333. The van der Waals surface area contributed by atoms with Crippen molar-refractivity contribution in [1.29, 1.82) is 0 Å². The van der Waals surface area contributed by atoms with Crippen molar-refractivity contribution in [3.05, 3.63) is 72.8 Å². The Bertz CT molecular complexity index is 658. The van der Waals surface area contributed by atoms with E-state index in [9.17, 15) is 0 Å². The molecule has 0 atom stereocenters. The minimum Gasteiger partial charge on any atom is -0.237 e. The molecule has 2 aromatic heterocycles. The first-order valence-corrected chi connectivity index (χ1v) is 7.94.